The number of hydrogen-bond acceptors (Lipinski definition) is 5. The third-order valence-electron chi connectivity index (χ3n) is 4.23. The first-order valence-corrected chi connectivity index (χ1v) is 8.91. The Kier molecular flexibility index (Phi) is 6.04. The molecule has 3 aromatic carbocycles. The molecule has 0 saturated heterocycles. The second-order valence-electron chi connectivity index (χ2n) is 6.34. The van der Waals surface area contributed by atoms with Crippen molar-refractivity contribution in [2.45, 2.75) is 13.0 Å². The Hall–Kier alpha value is -3.93. The molecule has 0 fully saturated rings. The van der Waals surface area contributed by atoms with Crippen LogP contribution in [-0.2, 0) is 9.53 Å². The third-order valence-corrected chi connectivity index (χ3v) is 4.23. The average Bonchev–Trinajstić information content (AvgIpc) is 2.73. The number of nitrogens with one attached hydrogen (secondary N) is 1. The first-order valence-electron chi connectivity index (χ1n) is 8.91. The molecule has 6 nitrogen and oxygen atoms in total. The van der Waals surface area contributed by atoms with E-state index in [1.807, 2.05) is 0 Å². The van der Waals surface area contributed by atoms with Crippen LogP contribution in [0, 0.1) is 0 Å². The fourth-order valence-electron chi connectivity index (χ4n) is 2.74. The van der Waals surface area contributed by atoms with Crippen molar-refractivity contribution in [3.8, 4) is 5.75 Å². The number of esters is 1. The van der Waals surface area contributed by atoms with E-state index >= 15 is 0 Å². The van der Waals surface area contributed by atoms with E-state index in [-0.39, 0.29) is 17.1 Å². The summed E-state index contributed by atoms with van der Waals surface area (Å²) in [5.74, 6) is -1.78. The highest BCUT2D eigenvalue weighted by Crippen LogP contribution is 2.24. The highest BCUT2D eigenvalue weighted by molar-refractivity contribution is 6.00. The van der Waals surface area contributed by atoms with Crippen LogP contribution in [0.25, 0.3) is 0 Å². The summed E-state index contributed by atoms with van der Waals surface area (Å²) >= 11 is 0. The molecule has 146 valence electrons. The molecule has 6 heteroatoms. The minimum Gasteiger partial charge on any atom is -0.507 e. The van der Waals surface area contributed by atoms with Gasteiger partial charge in [-0.05, 0) is 31.2 Å². The van der Waals surface area contributed by atoms with E-state index in [2.05, 4.69) is 5.32 Å². The largest absolute Gasteiger partial charge is 0.507 e. The summed E-state index contributed by atoms with van der Waals surface area (Å²) in [5.41, 5.74) is 1.28. The molecule has 29 heavy (non-hydrogen) atoms. The van der Waals surface area contributed by atoms with Crippen molar-refractivity contribution < 1.29 is 24.2 Å². The summed E-state index contributed by atoms with van der Waals surface area (Å²) in [6.07, 6.45) is -1.25. The molecule has 0 aliphatic carbocycles. The highest BCUT2D eigenvalue weighted by atomic mass is 16.5. The van der Waals surface area contributed by atoms with Gasteiger partial charge in [-0.25, -0.2) is 4.79 Å². The maximum absolute atomic E-state index is 12.9. The number of anilines is 1. The molecule has 3 aromatic rings. The van der Waals surface area contributed by atoms with Gasteiger partial charge in [0.1, 0.15) is 11.3 Å². The number of Topliss-reactive ketones (excluding diaryl/α,β-unsaturated/α-hetero) is 1. The number of amides is 1. The zero-order valence-electron chi connectivity index (χ0n) is 15.7. The van der Waals surface area contributed by atoms with Gasteiger partial charge >= 0.3 is 5.97 Å². The topological polar surface area (TPSA) is 92.7 Å². The predicted molar refractivity (Wildman–Crippen MR) is 108 cm³/mol. The molecule has 0 heterocycles. The second-order valence-corrected chi connectivity index (χ2v) is 6.34. The second kappa shape index (κ2) is 8.84. The van der Waals surface area contributed by atoms with Crippen molar-refractivity contribution >= 4 is 23.3 Å². The van der Waals surface area contributed by atoms with E-state index in [0.29, 0.717) is 16.8 Å². The van der Waals surface area contributed by atoms with Crippen LogP contribution in [0.3, 0.4) is 0 Å². The Bertz CT molecular complexity index is 1050. The van der Waals surface area contributed by atoms with Crippen molar-refractivity contribution in [2.24, 2.45) is 0 Å². The number of rotatable bonds is 6. The van der Waals surface area contributed by atoms with E-state index in [0.717, 1.165) is 0 Å². The summed E-state index contributed by atoms with van der Waals surface area (Å²) in [7, 11) is 0. The standard InChI is InChI=1S/C23H19NO5/c1-15(25)17-10-7-11-18(14-17)24-22(27)21(16-8-3-2-4-9-16)29-23(28)19-12-5-6-13-20(19)26/h2-14,21,26H,1H3,(H,24,27)/t21-/m0/s1. The number of benzene rings is 3. The monoisotopic (exact) mass is 389 g/mol. The Labute approximate surface area is 167 Å². The van der Waals surface area contributed by atoms with E-state index < -0.39 is 18.0 Å². The van der Waals surface area contributed by atoms with E-state index in [4.69, 9.17) is 4.74 Å². The molecule has 0 radical (unpaired) electrons. The van der Waals surface area contributed by atoms with Gasteiger partial charge in [-0.15, -0.1) is 0 Å². The minimum absolute atomic E-state index is 0.0418. The Morgan fingerprint density at radius 3 is 2.28 bits per heavy atom. The third kappa shape index (κ3) is 4.87. The highest BCUT2D eigenvalue weighted by Gasteiger charge is 2.27. The van der Waals surface area contributed by atoms with Crippen LogP contribution in [-0.4, -0.2) is 22.8 Å². The van der Waals surface area contributed by atoms with Crippen LogP contribution in [0.15, 0.2) is 78.9 Å². The van der Waals surface area contributed by atoms with Gasteiger partial charge in [-0.2, -0.15) is 0 Å². The van der Waals surface area contributed by atoms with Gasteiger partial charge in [0.15, 0.2) is 5.78 Å². The summed E-state index contributed by atoms with van der Waals surface area (Å²) in [5, 5.41) is 12.6. The molecule has 2 N–H and O–H groups in total. The van der Waals surface area contributed by atoms with Gasteiger partial charge in [-0.3, -0.25) is 9.59 Å². The van der Waals surface area contributed by atoms with E-state index in [1.165, 1.54) is 19.1 Å². The van der Waals surface area contributed by atoms with Crippen molar-refractivity contribution in [1.82, 2.24) is 0 Å². The van der Waals surface area contributed by atoms with Crippen molar-refractivity contribution in [2.75, 3.05) is 5.32 Å². The van der Waals surface area contributed by atoms with Crippen LogP contribution in [0.2, 0.25) is 0 Å². The van der Waals surface area contributed by atoms with Gasteiger partial charge in [0.05, 0.1) is 0 Å². The summed E-state index contributed by atoms with van der Waals surface area (Å²) in [4.78, 5) is 37.0. The van der Waals surface area contributed by atoms with Crippen LogP contribution < -0.4 is 5.32 Å². The van der Waals surface area contributed by atoms with E-state index in [9.17, 15) is 19.5 Å². The number of aromatic hydroxyl groups is 1. The van der Waals surface area contributed by atoms with Gasteiger partial charge < -0.3 is 15.2 Å². The molecule has 0 unspecified atom stereocenters. The smallest absolute Gasteiger partial charge is 0.343 e. The molecule has 1 amide bonds. The maximum atomic E-state index is 12.9. The van der Waals surface area contributed by atoms with Gasteiger partial charge in [-0.1, -0.05) is 54.6 Å². The summed E-state index contributed by atoms with van der Waals surface area (Å²) in [6, 6.07) is 21.0. The summed E-state index contributed by atoms with van der Waals surface area (Å²) < 4.78 is 5.44. The summed E-state index contributed by atoms with van der Waals surface area (Å²) in [6.45, 7) is 1.43. The van der Waals surface area contributed by atoms with Crippen molar-refractivity contribution in [1.29, 1.82) is 0 Å². The first-order chi connectivity index (χ1) is 14.0. The molecule has 1 atom stereocenters. The molecule has 0 bridgehead atoms. The number of carbonyl (C=O) groups excluding carboxylic acids is 3. The van der Waals surface area contributed by atoms with Crippen LogP contribution >= 0.6 is 0 Å². The zero-order valence-corrected chi connectivity index (χ0v) is 15.7. The molecule has 0 saturated carbocycles. The fourth-order valence-corrected chi connectivity index (χ4v) is 2.74. The zero-order chi connectivity index (χ0) is 20.8. The lowest BCUT2D eigenvalue weighted by Crippen LogP contribution is -2.26. The number of carbonyl (C=O) groups is 3. The molecule has 0 aliphatic rings. The first kappa shape index (κ1) is 19.8. The minimum atomic E-state index is -1.25. The lowest BCUT2D eigenvalue weighted by molar-refractivity contribution is -0.125. The quantitative estimate of drug-likeness (QED) is 0.488. The van der Waals surface area contributed by atoms with Gasteiger partial charge in [0.25, 0.3) is 5.91 Å². The number of phenolic OH excluding ortho intramolecular Hbond substituents is 1. The lowest BCUT2D eigenvalue weighted by Gasteiger charge is -2.18. The van der Waals surface area contributed by atoms with Crippen LogP contribution in [0.1, 0.15) is 39.3 Å². The number of hydrogen-bond donors (Lipinski definition) is 2. The number of para-hydroxylation sites is 1. The molecule has 0 spiro atoms. The Morgan fingerprint density at radius 1 is 0.897 bits per heavy atom. The molecular weight excluding hydrogens is 370 g/mol. The molecular formula is C23H19NO5. The van der Waals surface area contributed by atoms with Gasteiger partial charge in [0, 0.05) is 16.8 Å². The van der Waals surface area contributed by atoms with E-state index in [1.54, 1.807) is 66.7 Å². The van der Waals surface area contributed by atoms with Crippen LogP contribution in [0.5, 0.6) is 5.75 Å². The molecule has 0 aromatic heterocycles. The number of phenols is 1. The van der Waals surface area contributed by atoms with Gasteiger partial charge in [0.2, 0.25) is 6.10 Å². The van der Waals surface area contributed by atoms with Crippen molar-refractivity contribution in [3.05, 3.63) is 95.6 Å². The lowest BCUT2D eigenvalue weighted by atomic mass is 10.1. The van der Waals surface area contributed by atoms with Crippen molar-refractivity contribution in [3.63, 3.8) is 0 Å². The Balaban J connectivity index is 1.87. The van der Waals surface area contributed by atoms with Crippen LogP contribution in [0.4, 0.5) is 5.69 Å². The Morgan fingerprint density at radius 2 is 1.59 bits per heavy atom. The fraction of sp³-hybridized carbons (Fsp3) is 0.0870. The maximum Gasteiger partial charge on any atom is 0.343 e. The molecule has 3 rings (SSSR count). The average molecular weight is 389 g/mol. The predicted octanol–water partition coefficient (Wildman–Crippen LogP) is 4.13. The number of ketones is 1. The normalized spacial score (nSPS) is 11.3. The SMILES string of the molecule is CC(=O)c1cccc(NC(=O)[C@@H](OC(=O)c2ccccc2O)c2ccccc2)c1. The number of ether oxygens (including phenoxy) is 1. The molecule has 0 aliphatic heterocycles.